The highest BCUT2D eigenvalue weighted by Gasteiger charge is 1.95. The average molecular weight is 226 g/mol. The van der Waals surface area contributed by atoms with Gasteiger partial charge in [-0.1, -0.05) is 61.1 Å². The van der Waals surface area contributed by atoms with E-state index in [0.29, 0.717) is 0 Å². The van der Waals surface area contributed by atoms with Gasteiger partial charge in [0.15, 0.2) is 0 Å². The Morgan fingerprint density at radius 3 is 0.875 bits per heavy atom. The molecule has 0 amide bonds. The largest absolute Gasteiger partial charge is 0.0901 e. The van der Waals surface area contributed by atoms with Crippen LogP contribution in [0.3, 0.4) is 0 Å². The van der Waals surface area contributed by atoms with Gasteiger partial charge in [0.2, 0.25) is 0 Å². The lowest BCUT2D eigenvalue weighted by Gasteiger charge is -2.05. The molecule has 50 valence electrons. The Morgan fingerprint density at radius 1 is 0.625 bits per heavy atom. The van der Waals surface area contributed by atoms with E-state index in [1.54, 1.807) is 0 Å². The van der Waals surface area contributed by atoms with Crippen LogP contribution in [-0.4, -0.2) is 4.93 Å². The summed E-state index contributed by atoms with van der Waals surface area (Å²) in [6, 6.07) is 0. The van der Waals surface area contributed by atoms with Crippen LogP contribution in [0.15, 0.2) is 0 Å². The lowest BCUT2D eigenvalue weighted by atomic mass is 10.0. The molecule has 1 heteroatoms. The number of rotatable bonds is 0. The summed E-state index contributed by atoms with van der Waals surface area (Å²) in [6.45, 7) is 0. The van der Waals surface area contributed by atoms with Gasteiger partial charge in [-0.2, -0.15) is 0 Å². The van der Waals surface area contributed by atoms with Gasteiger partial charge in [0.05, 0.1) is 0 Å². The highest BCUT2D eigenvalue weighted by atomic mass is 127. The molecule has 0 N–H and O–H groups in total. The minimum atomic E-state index is 1.50. The highest BCUT2D eigenvalue weighted by Crippen LogP contribution is 2.15. The topological polar surface area (TPSA) is 0 Å². The fraction of sp³-hybridized carbons (Fsp3) is 1.00. The average Bonchev–Trinajstić information content (AvgIpc) is 1.96. The molecule has 1 aliphatic carbocycles. The van der Waals surface area contributed by atoms with Crippen LogP contribution in [0.5, 0.6) is 0 Å². The second-order valence-corrected chi connectivity index (χ2v) is 2.12. The molecule has 0 unspecified atom stereocenters. The molecule has 0 saturated heterocycles. The van der Waals surface area contributed by atoms with Crippen molar-refractivity contribution in [2.24, 2.45) is 0 Å². The molecular weight excluding hydrogens is 211 g/mol. The van der Waals surface area contributed by atoms with Crippen molar-refractivity contribution >= 4 is 22.6 Å². The third-order valence-corrected chi connectivity index (χ3v) is 1.50. The molecule has 8 heavy (non-hydrogen) atoms. The van der Waals surface area contributed by atoms with Crippen LogP contribution in [0, 0.1) is 0 Å². The summed E-state index contributed by atoms with van der Waals surface area (Å²) in [6.07, 6.45) is 9.00. The van der Waals surface area contributed by atoms with Gasteiger partial charge in [-0.3, -0.25) is 0 Å². The molecule has 1 rings (SSSR count). The van der Waals surface area contributed by atoms with Crippen molar-refractivity contribution < 1.29 is 0 Å². The fourth-order valence-electron chi connectivity index (χ4n) is 1.06. The van der Waals surface area contributed by atoms with Crippen molar-refractivity contribution in [3.05, 3.63) is 0 Å². The Hall–Kier alpha value is 0.730. The molecule has 0 aromatic rings. The zero-order valence-corrected chi connectivity index (χ0v) is 7.78. The van der Waals surface area contributed by atoms with Crippen LogP contribution in [0.1, 0.15) is 38.5 Å². The Balaban J connectivity index is 0.000000222. The predicted molar refractivity (Wildman–Crippen MR) is 47.6 cm³/mol. The summed E-state index contributed by atoms with van der Waals surface area (Å²) in [5.41, 5.74) is 0. The molecule has 1 fully saturated rings. The smallest absolute Gasteiger partial charge is 0.0121 e. The molecule has 0 spiro atoms. The Labute approximate surface area is 66.2 Å². The van der Waals surface area contributed by atoms with Crippen LogP contribution in [0.4, 0.5) is 0 Å². The van der Waals surface area contributed by atoms with Crippen molar-refractivity contribution in [3.8, 4) is 0 Å². The second-order valence-electron chi connectivity index (χ2n) is 2.12. The van der Waals surface area contributed by atoms with E-state index in [9.17, 15) is 0 Å². The summed E-state index contributed by atoms with van der Waals surface area (Å²) in [4.78, 5) is 1.97. The zero-order chi connectivity index (χ0) is 6.24. The number of halogens is 1. The third-order valence-electron chi connectivity index (χ3n) is 1.50. The summed E-state index contributed by atoms with van der Waals surface area (Å²) in [5.74, 6) is 0. The van der Waals surface area contributed by atoms with Gasteiger partial charge in [0, 0.05) is 0 Å². The first-order valence-corrected chi connectivity index (χ1v) is 5.54. The van der Waals surface area contributed by atoms with Crippen molar-refractivity contribution in [3.63, 3.8) is 0 Å². The van der Waals surface area contributed by atoms with E-state index >= 15 is 0 Å². The molecule has 0 aromatic carbocycles. The first kappa shape index (κ1) is 8.73. The fourth-order valence-corrected chi connectivity index (χ4v) is 1.06. The van der Waals surface area contributed by atoms with Crippen LogP contribution in [0.2, 0.25) is 0 Å². The van der Waals surface area contributed by atoms with Gasteiger partial charge >= 0.3 is 0 Å². The number of hydrogen-bond acceptors (Lipinski definition) is 0. The van der Waals surface area contributed by atoms with Gasteiger partial charge in [-0.25, -0.2) is 0 Å². The van der Waals surface area contributed by atoms with Crippen LogP contribution >= 0.6 is 22.6 Å². The quantitative estimate of drug-likeness (QED) is 0.438. The van der Waals surface area contributed by atoms with Crippen molar-refractivity contribution in [1.82, 2.24) is 0 Å². The Morgan fingerprint density at radius 2 is 0.750 bits per heavy atom. The van der Waals surface area contributed by atoms with E-state index in [2.05, 4.69) is 22.6 Å². The summed E-state index contributed by atoms with van der Waals surface area (Å²) < 4.78 is 0. The minimum absolute atomic E-state index is 1.50. The van der Waals surface area contributed by atoms with Crippen LogP contribution in [0.25, 0.3) is 0 Å². The van der Waals surface area contributed by atoms with E-state index in [0.717, 1.165) is 0 Å². The molecule has 1 aliphatic rings. The van der Waals surface area contributed by atoms with Gasteiger partial charge in [0.25, 0.3) is 0 Å². The standard InChI is InChI=1S/C6H12.CH3I/c1-2-4-6-5-3-1;1-2/h1-6H2;1H3. The normalized spacial score (nSPS) is 18.8. The second kappa shape index (κ2) is 7.73. The molecule has 1 saturated carbocycles. The van der Waals surface area contributed by atoms with Gasteiger partial charge < -0.3 is 0 Å². The highest BCUT2D eigenvalue weighted by molar-refractivity contribution is 14.1. The predicted octanol–water partition coefficient (Wildman–Crippen LogP) is 3.39. The monoisotopic (exact) mass is 226 g/mol. The van der Waals surface area contributed by atoms with Crippen LogP contribution < -0.4 is 0 Å². The summed E-state index contributed by atoms with van der Waals surface area (Å²) in [5, 5.41) is 0. The SMILES string of the molecule is C1CCCCC1.CI. The first-order chi connectivity index (χ1) is 4.00. The first-order valence-electron chi connectivity index (χ1n) is 3.38. The maximum absolute atomic E-state index is 2.15. The maximum atomic E-state index is 2.15. The molecule has 0 nitrogen and oxygen atoms in total. The van der Waals surface area contributed by atoms with E-state index in [-0.39, 0.29) is 0 Å². The molecule has 0 radical (unpaired) electrons. The molecule has 0 aliphatic heterocycles. The maximum Gasteiger partial charge on any atom is -0.0121 e. The summed E-state index contributed by atoms with van der Waals surface area (Å²) in [7, 11) is 0. The lowest BCUT2D eigenvalue weighted by molar-refractivity contribution is 0.504. The number of alkyl halides is 1. The van der Waals surface area contributed by atoms with Crippen molar-refractivity contribution in [2.45, 2.75) is 38.5 Å². The zero-order valence-electron chi connectivity index (χ0n) is 5.62. The van der Waals surface area contributed by atoms with Crippen molar-refractivity contribution in [2.75, 3.05) is 4.93 Å². The molecule has 0 atom stereocenters. The van der Waals surface area contributed by atoms with E-state index in [1.807, 2.05) is 4.93 Å². The minimum Gasteiger partial charge on any atom is -0.0901 e. The van der Waals surface area contributed by atoms with E-state index in [4.69, 9.17) is 0 Å². The Kier molecular flexibility index (Phi) is 8.44. The van der Waals surface area contributed by atoms with Gasteiger partial charge in [-0.15, -0.1) is 0 Å². The molecule has 0 heterocycles. The number of hydrogen-bond donors (Lipinski definition) is 0. The Bertz CT molecular complexity index is 19.9. The van der Waals surface area contributed by atoms with E-state index < -0.39 is 0 Å². The van der Waals surface area contributed by atoms with Crippen molar-refractivity contribution in [1.29, 1.82) is 0 Å². The van der Waals surface area contributed by atoms with Gasteiger partial charge in [0.1, 0.15) is 0 Å². The molecule has 0 bridgehead atoms. The van der Waals surface area contributed by atoms with Gasteiger partial charge in [-0.05, 0) is 4.93 Å². The lowest BCUT2D eigenvalue weighted by Crippen LogP contribution is -1.85. The third kappa shape index (κ3) is 4.88. The molecule has 0 aromatic heterocycles. The van der Waals surface area contributed by atoms with E-state index in [1.165, 1.54) is 38.5 Å². The summed E-state index contributed by atoms with van der Waals surface area (Å²) >= 11 is 2.15. The molecular formula is C7H15I. The van der Waals surface area contributed by atoms with Crippen LogP contribution in [-0.2, 0) is 0 Å².